The fraction of sp³-hybridized carbons (Fsp3) is 0.414. The molecule has 9 nitrogen and oxygen atoms in total. The average molecular weight is 512 g/mol. The van der Waals surface area contributed by atoms with Crippen molar-refractivity contribution in [3.8, 4) is 17.8 Å². The maximum Gasteiger partial charge on any atom is 0.318 e. The number of nitrogens with one attached hydrogen (secondary N) is 1. The Morgan fingerprint density at radius 3 is 2.92 bits per heavy atom. The second-order valence-corrected chi connectivity index (χ2v) is 10.3. The molecule has 2 aromatic carbocycles. The Labute approximate surface area is 223 Å². The summed E-state index contributed by atoms with van der Waals surface area (Å²) >= 11 is 0. The maximum atomic E-state index is 10.4. The van der Waals surface area contributed by atoms with Crippen LogP contribution in [-0.2, 0) is 13.0 Å². The van der Waals surface area contributed by atoms with E-state index in [0.29, 0.717) is 31.6 Å². The molecule has 0 spiro atoms. The first kappa shape index (κ1) is 24.3. The summed E-state index contributed by atoms with van der Waals surface area (Å²) in [5.74, 6) is 1.12. The van der Waals surface area contributed by atoms with Gasteiger partial charge in [0.15, 0.2) is 0 Å². The van der Waals surface area contributed by atoms with E-state index in [2.05, 4.69) is 39.2 Å². The van der Waals surface area contributed by atoms with Crippen LogP contribution in [-0.4, -0.2) is 65.8 Å². The van der Waals surface area contributed by atoms with Gasteiger partial charge in [-0.3, -0.25) is 0 Å². The molecule has 0 radical (unpaired) electrons. The number of likely N-dealkylation sites (tertiary alicyclic amines) is 1. The monoisotopic (exact) mass is 511 g/mol. The molecule has 196 valence electrons. The number of likely N-dealkylation sites (N-methyl/N-ethyl adjacent to an activating group) is 1. The van der Waals surface area contributed by atoms with Crippen LogP contribution >= 0.6 is 0 Å². The summed E-state index contributed by atoms with van der Waals surface area (Å²) in [5.41, 5.74) is 3.95. The lowest BCUT2D eigenvalue weighted by Crippen LogP contribution is -2.38. The second kappa shape index (κ2) is 10.4. The van der Waals surface area contributed by atoms with Crippen molar-refractivity contribution in [2.24, 2.45) is 0 Å². The van der Waals surface area contributed by atoms with Gasteiger partial charge in [-0.25, -0.2) is 0 Å². The molecule has 1 saturated heterocycles. The highest BCUT2D eigenvalue weighted by atomic mass is 16.5. The number of benzene rings is 2. The third-order valence-electron chi connectivity index (χ3n) is 7.82. The first-order chi connectivity index (χ1) is 18.6. The third-order valence-corrected chi connectivity index (χ3v) is 7.82. The number of allylic oxidation sites excluding steroid dienone is 1. The van der Waals surface area contributed by atoms with Crippen LogP contribution in [0.3, 0.4) is 0 Å². The number of anilines is 2. The number of hydrogen-bond acceptors (Lipinski definition) is 9. The molecule has 0 aliphatic carbocycles. The van der Waals surface area contributed by atoms with Gasteiger partial charge in [0.1, 0.15) is 18.2 Å². The number of phenolic OH excluding ortho intramolecular Hbond substituents is 1. The molecule has 0 saturated carbocycles. The van der Waals surface area contributed by atoms with Gasteiger partial charge in [-0.1, -0.05) is 24.3 Å². The molecule has 0 unspecified atom stereocenters. The lowest BCUT2D eigenvalue weighted by molar-refractivity contribution is 0.187. The summed E-state index contributed by atoms with van der Waals surface area (Å²) in [5, 5.41) is 25.1. The van der Waals surface area contributed by atoms with E-state index in [0.717, 1.165) is 78.3 Å². The molecule has 3 aliphatic rings. The predicted octanol–water partition coefficient (Wildman–Crippen LogP) is 3.54. The summed E-state index contributed by atoms with van der Waals surface area (Å²) in [7, 11) is 2.14. The standard InChI is InChI=1S/C29H33N7O2/c1-34-12-4-6-22(34)19-38-29-32-26-18-35(27-16-23(37)15-20-5-2-3-7-24(20)27)13-9-25(26)28(33-29)36-14-11-31-21(17-36)8-10-30/h2-3,5,7,15-17,22,31,37H,4,6,8-9,11-14,18-19H2,1H3/t22-/m0/s1. The fourth-order valence-electron chi connectivity index (χ4n) is 5.79. The molecule has 1 fully saturated rings. The number of nitrogens with zero attached hydrogens (tertiary/aromatic N) is 6. The number of ether oxygens (including phenoxy) is 1. The highest BCUT2D eigenvalue weighted by molar-refractivity contribution is 5.95. The SMILES string of the molecule is CN1CCC[C@H]1COc1nc2c(c(N3C=C(CC#N)NCC3)n1)CCN(c1cc(O)cc3ccccc13)C2. The summed E-state index contributed by atoms with van der Waals surface area (Å²) in [6, 6.07) is 14.8. The zero-order valence-electron chi connectivity index (χ0n) is 21.7. The van der Waals surface area contributed by atoms with Gasteiger partial charge in [-0.2, -0.15) is 15.2 Å². The number of hydrogen-bond donors (Lipinski definition) is 2. The van der Waals surface area contributed by atoms with Gasteiger partial charge < -0.3 is 29.9 Å². The van der Waals surface area contributed by atoms with E-state index in [1.807, 2.05) is 30.5 Å². The molecule has 9 heteroatoms. The summed E-state index contributed by atoms with van der Waals surface area (Å²) < 4.78 is 6.22. The Hall–Kier alpha value is -4.03. The van der Waals surface area contributed by atoms with Crippen molar-refractivity contribution in [2.75, 3.05) is 49.6 Å². The molecule has 0 bridgehead atoms. The summed E-state index contributed by atoms with van der Waals surface area (Å²) in [6.45, 7) is 4.53. The highest BCUT2D eigenvalue weighted by Gasteiger charge is 2.28. The van der Waals surface area contributed by atoms with Gasteiger partial charge in [0.25, 0.3) is 0 Å². The van der Waals surface area contributed by atoms with Crippen molar-refractivity contribution in [1.29, 1.82) is 5.26 Å². The largest absolute Gasteiger partial charge is 0.508 e. The van der Waals surface area contributed by atoms with E-state index in [1.165, 1.54) is 6.42 Å². The minimum absolute atomic E-state index is 0.258. The maximum absolute atomic E-state index is 10.4. The lowest BCUT2D eigenvalue weighted by Gasteiger charge is -2.34. The van der Waals surface area contributed by atoms with Crippen LogP contribution in [0, 0.1) is 11.3 Å². The Morgan fingerprint density at radius 1 is 1.18 bits per heavy atom. The van der Waals surface area contributed by atoms with Crippen molar-refractivity contribution in [1.82, 2.24) is 20.2 Å². The van der Waals surface area contributed by atoms with Gasteiger partial charge in [0.05, 0.1) is 24.7 Å². The van der Waals surface area contributed by atoms with Crippen molar-refractivity contribution in [3.63, 3.8) is 0 Å². The van der Waals surface area contributed by atoms with E-state index in [1.54, 1.807) is 6.07 Å². The normalized spacial score (nSPS) is 19.6. The number of aromatic nitrogens is 2. The fourth-order valence-corrected chi connectivity index (χ4v) is 5.79. The second-order valence-electron chi connectivity index (χ2n) is 10.3. The molecule has 38 heavy (non-hydrogen) atoms. The highest BCUT2D eigenvalue weighted by Crippen LogP contribution is 2.36. The zero-order chi connectivity index (χ0) is 26.1. The van der Waals surface area contributed by atoms with Gasteiger partial charge in [0, 0.05) is 60.3 Å². The van der Waals surface area contributed by atoms with Crippen LogP contribution in [0.5, 0.6) is 11.8 Å². The summed E-state index contributed by atoms with van der Waals surface area (Å²) in [6.07, 6.45) is 5.40. The van der Waals surface area contributed by atoms with Crippen LogP contribution in [0.4, 0.5) is 11.5 Å². The van der Waals surface area contributed by atoms with Crippen LogP contribution in [0.15, 0.2) is 48.3 Å². The molecular formula is C29H33N7O2. The number of rotatable bonds is 6. The predicted molar refractivity (Wildman–Crippen MR) is 147 cm³/mol. The minimum Gasteiger partial charge on any atom is -0.508 e. The van der Waals surface area contributed by atoms with E-state index in [9.17, 15) is 10.4 Å². The Bertz CT molecular complexity index is 1420. The van der Waals surface area contributed by atoms with E-state index < -0.39 is 0 Å². The molecule has 6 rings (SSSR count). The third kappa shape index (κ3) is 4.79. The van der Waals surface area contributed by atoms with Crippen molar-refractivity contribution in [2.45, 2.75) is 38.3 Å². The first-order valence-corrected chi connectivity index (χ1v) is 13.4. The number of nitriles is 1. The first-order valence-electron chi connectivity index (χ1n) is 13.4. The Balaban J connectivity index is 1.36. The number of fused-ring (bicyclic) bond motifs is 2. The van der Waals surface area contributed by atoms with Crippen LogP contribution in [0.25, 0.3) is 10.8 Å². The molecule has 3 aromatic rings. The molecule has 3 aliphatic heterocycles. The van der Waals surface area contributed by atoms with Gasteiger partial charge >= 0.3 is 6.01 Å². The number of aromatic hydroxyl groups is 1. The molecule has 1 aromatic heterocycles. The lowest BCUT2D eigenvalue weighted by atomic mass is 10.0. The van der Waals surface area contributed by atoms with Gasteiger partial charge in [-0.05, 0) is 44.3 Å². The summed E-state index contributed by atoms with van der Waals surface area (Å²) in [4.78, 5) is 16.6. The molecule has 1 atom stereocenters. The smallest absolute Gasteiger partial charge is 0.318 e. The number of phenols is 1. The van der Waals surface area contributed by atoms with Gasteiger partial charge in [-0.15, -0.1) is 0 Å². The zero-order valence-corrected chi connectivity index (χ0v) is 21.7. The van der Waals surface area contributed by atoms with E-state index in [4.69, 9.17) is 14.7 Å². The quantitative estimate of drug-likeness (QED) is 0.515. The van der Waals surface area contributed by atoms with Crippen LogP contribution in [0.2, 0.25) is 0 Å². The average Bonchev–Trinajstić information content (AvgIpc) is 3.35. The Kier molecular flexibility index (Phi) is 6.64. The van der Waals surface area contributed by atoms with Crippen LogP contribution in [0.1, 0.15) is 30.5 Å². The van der Waals surface area contributed by atoms with Crippen LogP contribution < -0.4 is 19.9 Å². The molecule has 2 N–H and O–H groups in total. The minimum atomic E-state index is 0.258. The molecule has 4 heterocycles. The van der Waals surface area contributed by atoms with Crippen molar-refractivity contribution < 1.29 is 9.84 Å². The molecular weight excluding hydrogens is 478 g/mol. The van der Waals surface area contributed by atoms with Crippen molar-refractivity contribution >= 4 is 22.3 Å². The van der Waals surface area contributed by atoms with E-state index >= 15 is 0 Å². The molecule has 0 amide bonds. The van der Waals surface area contributed by atoms with E-state index in [-0.39, 0.29) is 5.75 Å². The Morgan fingerprint density at radius 2 is 2.08 bits per heavy atom. The van der Waals surface area contributed by atoms with Crippen molar-refractivity contribution in [3.05, 3.63) is 59.6 Å². The topological polar surface area (TPSA) is 101 Å². The van der Waals surface area contributed by atoms with Gasteiger partial charge in [0.2, 0.25) is 0 Å².